The van der Waals surface area contributed by atoms with Crippen molar-refractivity contribution in [3.63, 3.8) is 0 Å². The van der Waals surface area contributed by atoms with Crippen molar-refractivity contribution in [2.24, 2.45) is 0 Å². The average molecular weight is 480 g/mol. The van der Waals surface area contributed by atoms with Crippen LogP contribution in [0.2, 0.25) is 0 Å². The summed E-state index contributed by atoms with van der Waals surface area (Å²) in [7, 11) is 0. The number of rotatable bonds is 8. The Bertz CT molecular complexity index is 1370. The van der Waals surface area contributed by atoms with Gasteiger partial charge in [-0.3, -0.25) is 24.9 Å². The fourth-order valence-electron chi connectivity index (χ4n) is 5.18. The van der Waals surface area contributed by atoms with Gasteiger partial charge in [0.25, 0.3) is 0 Å². The minimum Gasteiger partial charge on any atom is -0.354 e. The number of nitrogens with one attached hydrogen (secondary N) is 2. The third-order valence-corrected chi connectivity index (χ3v) is 7.28. The normalized spacial score (nSPS) is 16.7. The molecule has 3 aromatic heterocycles. The van der Waals surface area contributed by atoms with Crippen molar-refractivity contribution in [2.75, 3.05) is 31.5 Å². The topological polar surface area (TPSA) is 73.0 Å². The molecule has 184 valence electrons. The van der Waals surface area contributed by atoms with Crippen LogP contribution in [0.1, 0.15) is 42.6 Å². The first-order valence-electron chi connectivity index (χ1n) is 13.0. The molecule has 2 N–H and O–H groups in total. The Labute approximate surface area is 212 Å². The van der Waals surface area contributed by atoms with E-state index >= 15 is 0 Å². The number of anilines is 1. The number of fused-ring (bicyclic) bond motifs is 1. The summed E-state index contributed by atoms with van der Waals surface area (Å²) in [6.45, 7) is 10.8. The molecule has 1 aromatic carbocycles. The SMILES string of the molecule is C=C(Nc1ccnc(CN2CCC2)c1)c1n[nH]c2ccc(-c3cncc(CN4CCCCC4)c3)cc12. The van der Waals surface area contributed by atoms with Gasteiger partial charge >= 0.3 is 0 Å². The molecule has 0 unspecified atom stereocenters. The van der Waals surface area contributed by atoms with Gasteiger partial charge < -0.3 is 5.32 Å². The highest BCUT2D eigenvalue weighted by molar-refractivity contribution is 5.95. The van der Waals surface area contributed by atoms with E-state index in [-0.39, 0.29) is 0 Å². The molecule has 0 atom stereocenters. The van der Waals surface area contributed by atoms with E-state index in [1.54, 1.807) is 0 Å². The molecular weight excluding hydrogens is 446 g/mol. The molecule has 0 spiro atoms. The molecule has 0 amide bonds. The number of piperidine rings is 1. The lowest BCUT2D eigenvalue weighted by atomic mass is 10.0. The van der Waals surface area contributed by atoms with Crippen LogP contribution in [-0.2, 0) is 13.1 Å². The third-order valence-electron chi connectivity index (χ3n) is 7.28. The van der Waals surface area contributed by atoms with Crippen LogP contribution in [0.3, 0.4) is 0 Å². The summed E-state index contributed by atoms with van der Waals surface area (Å²) in [4.78, 5) is 14.0. The summed E-state index contributed by atoms with van der Waals surface area (Å²) in [5, 5.41) is 12.2. The Kier molecular flexibility index (Phi) is 6.49. The van der Waals surface area contributed by atoms with E-state index in [0.717, 1.165) is 71.0 Å². The maximum absolute atomic E-state index is 4.58. The number of aromatic amines is 1. The molecule has 0 radical (unpaired) electrons. The van der Waals surface area contributed by atoms with Crippen LogP contribution in [0.25, 0.3) is 27.7 Å². The van der Waals surface area contributed by atoms with E-state index in [9.17, 15) is 0 Å². The van der Waals surface area contributed by atoms with Gasteiger partial charge in [-0.25, -0.2) is 0 Å². The third kappa shape index (κ3) is 5.03. The first-order chi connectivity index (χ1) is 17.7. The smallest absolute Gasteiger partial charge is 0.116 e. The number of likely N-dealkylation sites (tertiary alicyclic amines) is 2. The van der Waals surface area contributed by atoms with Crippen molar-refractivity contribution in [1.82, 2.24) is 30.0 Å². The van der Waals surface area contributed by atoms with Crippen molar-refractivity contribution < 1.29 is 0 Å². The van der Waals surface area contributed by atoms with Gasteiger partial charge in [0, 0.05) is 48.3 Å². The predicted octanol–water partition coefficient (Wildman–Crippen LogP) is 5.29. The second-order valence-electron chi connectivity index (χ2n) is 10.0. The quantitative estimate of drug-likeness (QED) is 0.358. The highest BCUT2D eigenvalue weighted by Gasteiger charge is 2.16. The zero-order valence-corrected chi connectivity index (χ0v) is 20.7. The molecule has 2 fully saturated rings. The number of nitrogens with zero attached hydrogens (tertiary/aromatic N) is 5. The number of hydrogen-bond donors (Lipinski definition) is 2. The van der Waals surface area contributed by atoms with Gasteiger partial charge in [-0.2, -0.15) is 5.10 Å². The Balaban J connectivity index is 1.21. The van der Waals surface area contributed by atoms with E-state index in [4.69, 9.17) is 0 Å². The van der Waals surface area contributed by atoms with Crippen molar-refractivity contribution in [1.29, 1.82) is 0 Å². The molecule has 4 aromatic rings. The molecule has 2 aliphatic heterocycles. The largest absolute Gasteiger partial charge is 0.354 e. The Morgan fingerprint density at radius 3 is 2.56 bits per heavy atom. The van der Waals surface area contributed by atoms with E-state index in [1.807, 2.05) is 24.7 Å². The van der Waals surface area contributed by atoms with Crippen LogP contribution in [0.15, 0.2) is 61.6 Å². The lowest BCUT2D eigenvalue weighted by Crippen LogP contribution is -2.36. The zero-order chi connectivity index (χ0) is 24.3. The molecule has 2 aliphatic rings. The molecular formula is C29H33N7. The monoisotopic (exact) mass is 479 g/mol. The van der Waals surface area contributed by atoms with Gasteiger partial charge in [0.15, 0.2) is 0 Å². The maximum Gasteiger partial charge on any atom is 0.116 e. The molecule has 0 saturated carbocycles. The summed E-state index contributed by atoms with van der Waals surface area (Å²) in [6, 6.07) is 12.8. The van der Waals surface area contributed by atoms with Gasteiger partial charge in [-0.05, 0) is 86.9 Å². The highest BCUT2D eigenvalue weighted by atomic mass is 15.2. The van der Waals surface area contributed by atoms with Gasteiger partial charge in [0.1, 0.15) is 5.69 Å². The summed E-state index contributed by atoms with van der Waals surface area (Å²) >= 11 is 0. The Morgan fingerprint density at radius 2 is 1.72 bits per heavy atom. The Hall–Kier alpha value is -3.55. The van der Waals surface area contributed by atoms with E-state index in [2.05, 4.69) is 72.2 Å². The standard InChI is InChI=1S/C29H33N7/c1-21(32-25-8-9-31-26(16-25)20-36-12-5-13-36)29-27-15-23(6-7-28(27)33-34-29)24-14-22(17-30-18-24)19-35-10-3-2-4-11-35/h6-9,14-18H,1-5,10-13,19-20H2,(H,31,32)(H,33,34). The van der Waals surface area contributed by atoms with E-state index < -0.39 is 0 Å². The van der Waals surface area contributed by atoms with Gasteiger partial charge in [0.2, 0.25) is 0 Å². The number of benzene rings is 1. The molecule has 0 bridgehead atoms. The van der Waals surface area contributed by atoms with E-state index in [0.29, 0.717) is 0 Å². The summed E-state index contributed by atoms with van der Waals surface area (Å²) in [5.74, 6) is 0. The summed E-state index contributed by atoms with van der Waals surface area (Å²) in [6.07, 6.45) is 11.0. The number of H-pyrrole nitrogens is 1. The highest BCUT2D eigenvalue weighted by Crippen LogP contribution is 2.29. The fourth-order valence-corrected chi connectivity index (χ4v) is 5.18. The van der Waals surface area contributed by atoms with Crippen molar-refractivity contribution >= 4 is 22.3 Å². The van der Waals surface area contributed by atoms with E-state index in [1.165, 1.54) is 44.3 Å². The number of aromatic nitrogens is 4. The maximum atomic E-state index is 4.58. The minimum absolute atomic E-state index is 0.761. The van der Waals surface area contributed by atoms with Crippen LogP contribution >= 0.6 is 0 Å². The van der Waals surface area contributed by atoms with Crippen molar-refractivity contribution in [3.05, 3.63) is 78.5 Å². The van der Waals surface area contributed by atoms with Crippen LogP contribution in [0.5, 0.6) is 0 Å². The molecule has 7 nitrogen and oxygen atoms in total. The molecule has 5 heterocycles. The van der Waals surface area contributed by atoms with Crippen molar-refractivity contribution in [3.8, 4) is 11.1 Å². The number of hydrogen-bond acceptors (Lipinski definition) is 6. The first-order valence-corrected chi connectivity index (χ1v) is 13.0. The summed E-state index contributed by atoms with van der Waals surface area (Å²) < 4.78 is 0. The first kappa shape index (κ1) is 22.9. The van der Waals surface area contributed by atoms with Crippen LogP contribution in [0.4, 0.5) is 5.69 Å². The second-order valence-corrected chi connectivity index (χ2v) is 10.0. The van der Waals surface area contributed by atoms with Gasteiger partial charge in [-0.15, -0.1) is 0 Å². The van der Waals surface area contributed by atoms with Crippen molar-refractivity contribution in [2.45, 2.75) is 38.8 Å². The molecule has 7 heteroatoms. The van der Waals surface area contributed by atoms with Gasteiger partial charge in [-0.1, -0.05) is 19.1 Å². The molecule has 36 heavy (non-hydrogen) atoms. The lowest BCUT2D eigenvalue weighted by molar-refractivity contribution is 0.170. The second kappa shape index (κ2) is 10.2. The fraction of sp³-hybridized carbons (Fsp3) is 0.345. The average Bonchev–Trinajstić information content (AvgIpc) is 3.31. The molecule has 2 saturated heterocycles. The molecule has 0 aliphatic carbocycles. The predicted molar refractivity (Wildman–Crippen MR) is 145 cm³/mol. The van der Waals surface area contributed by atoms with Gasteiger partial charge in [0.05, 0.1) is 16.9 Å². The van der Waals surface area contributed by atoms with Crippen LogP contribution < -0.4 is 5.32 Å². The zero-order valence-electron chi connectivity index (χ0n) is 20.7. The summed E-state index contributed by atoms with van der Waals surface area (Å²) in [5.41, 5.74) is 8.14. The van der Waals surface area contributed by atoms with Crippen LogP contribution in [-0.4, -0.2) is 56.1 Å². The van der Waals surface area contributed by atoms with Crippen LogP contribution in [0, 0.1) is 0 Å². The lowest BCUT2D eigenvalue weighted by Gasteiger charge is -2.30. The minimum atomic E-state index is 0.761. The molecule has 6 rings (SSSR count). The Morgan fingerprint density at radius 1 is 0.889 bits per heavy atom. The number of pyridine rings is 2.